The molecule has 0 saturated heterocycles. The Kier molecular flexibility index (Phi) is 5.56. The maximum Gasteiger partial charge on any atom is 1.00 e. The van der Waals surface area contributed by atoms with Crippen molar-refractivity contribution in [1.29, 1.82) is 0 Å². The van der Waals surface area contributed by atoms with Crippen LogP contribution >= 0.6 is 11.6 Å². The van der Waals surface area contributed by atoms with E-state index in [1.807, 2.05) is 0 Å². The number of carboxylic acid groups (broad SMARTS) is 1. The summed E-state index contributed by atoms with van der Waals surface area (Å²) < 4.78 is 0. The summed E-state index contributed by atoms with van der Waals surface area (Å²) in [6.45, 7) is 1.74. The van der Waals surface area contributed by atoms with Crippen molar-refractivity contribution in [2.45, 2.75) is 6.92 Å². The minimum absolute atomic E-state index is 0. The molecule has 1 rings (SSSR count). The minimum atomic E-state index is -1.31. The summed E-state index contributed by atoms with van der Waals surface area (Å²) in [7, 11) is 0. The van der Waals surface area contributed by atoms with Crippen LogP contribution in [0.1, 0.15) is 16.1 Å². The third-order valence-corrected chi connectivity index (χ3v) is 1.34. The zero-order valence-electron chi connectivity index (χ0n) is 6.80. The first-order valence-electron chi connectivity index (χ1n) is 2.95. The quantitative estimate of drug-likeness (QED) is 0.377. The fourth-order valence-corrected chi connectivity index (χ4v) is 0.993. The molecule has 0 unspecified atom stereocenters. The molecule has 0 saturated carbocycles. The average molecular weight is 210 g/mol. The molecule has 1 heterocycles. The van der Waals surface area contributed by atoms with Gasteiger partial charge >= 0.3 is 51.4 Å². The molecule has 0 atom stereocenters. The van der Waals surface area contributed by atoms with Crippen molar-refractivity contribution in [2.24, 2.45) is 0 Å². The Balaban J connectivity index is 0.00000121. The Bertz CT molecular complexity index is 283. The van der Waals surface area contributed by atoms with Gasteiger partial charge in [0.1, 0.15) is 5.15 Å². The van der Waals surface area contributed by atoms with Crippen molar-refractivity contribution >= 4 is 17.6 Å². The smallest absolute Gasteiger partial charge is 0.543 e. The van der Waals surface area contributed by atoms with E-state index in [0.717, 1.165) is 5.56 Å². The van der Waals surface area contributed by atoms with Crippen LogP contribution in [0.2, 0.25) is 5.15 Å². The van der Waals surface area contributed by atoms with E-state index >= 15 is 0 Å². The standard InChI is InChI=1S/C7H6ClNO2.K/c1-4-2-5(7(10)11)9-6(8)3-4;/h2-3H,1H3,(H,10,11);/q;+1/p-1. The maximum atomic E-state index is 10.3. The van der Waals surface area contributed by atoms with Crippen LogP contribution in [0, 0.1) is 6.92 Å². The van der Waals surface area contributed by atoms with Gasteiger partial charge in [-0.05, 0) is 24.6 Å². The molecular weight excluding hydrogens is 205 g/mol. The minimum Gasteiger partial charge on any atom is -0.543 e. The van der Waals surface area contributed by atoms with Gasteiger partial charge in [0.2, 0.25) is 0 Å². The fourth-order valence-electron chi connectivity index (χ4n) is 0.729. The van der Waals surface area contributed by atoms with Crippen LogP contribution in [0.5, 0.6) is 0 Å². The molecule has 1 aromatic heterocycles. The molecule has 1 aromatic rings. The van der Waals surface area contributed by atoms with Crippen molar-refractivity contribution in [1.82, 2.24) is 4.98 Å². The summed E-state index contributed by atoms with van der Waals surface area (Å²) >= 11 is 5.49. The van der Waals surface area contributed by atoms with E-state index in [2.05, 4.69) is 4.98 Å². The predicted octanol–water partition coefficient (Wildman–Crippen LogP) is -2.59. The van der Waals surface area contributed by atoms with Crippen molar-refractivity contribution in [2.75, 3.05) is 0 Å². The first-order valence-corrected chi connectivity index (χ1v) is 3.33. The third-order valence-electron chi connectivity index (χ3n) is 1.15. The van der Waals surface area contributed by atoms with E-state index in [-0.39, 0.29) is 62.2 Å². The Morgan fingerprint density at radius 1 is 1.58 bits per heavy atom. The number of aromatic carboxylic acids is 1. The third kappa shape index (κ3) is 3.51. The van der Waals surface area contributed by atoms with Gasteiger partial charge in [-0.3, -0.25) is 0 Å². The normalized spacial score (nSPS) is 8.83. The number of carbonyl (C=O) groups is 1. The number of hydrogen-bond donors (Lipinski definition) is 0. The number of carbonyl (C=O) groups excluding carboxylic acids is 1. The molecule has 0 aliphatic heterocycles. The Morgan fingerprint density at radius 2 is 2.17 bits per heavy atom. The van der Waals surface area contributed by atoms with E-state index in [4.69, 9.17) is 11.6 Å². The van der Waals surface area contributed by atoms with Gasteiger partial charge in [0.25, 0.3) is 0 Å². The van der Waals surface area contributed by atoms with Crippen LogP contribution in [-0.4, -0.2) is 11.0 Å². The zero-order chi connectivity index (χ0) is 8.43. The molecule has 12 heavy (non-hydrogen) atoms. The summed E-state index contributed by atoms with van der Waals surface area (Å²) in [5.41, 5.74) is 0.624. The molecule has 0 N–H and O–H groups in total. The molecule has 0 fully saturated rings. The molecule has 5 heteroatoms. The molecule has 58 valence electrons. The molecule has 0 spiro atoms. The molecular formula is C7H5ClKNO2. The molecule has 0 aromatic carbocycles. The SMILES string of the molecule is Cc1cc(Cl)nc(C(=O)[O-])c1.[K+]. The van der Waals surface area contributed by atoms with E-state index in [0.29, 0.717) is 0 Å². The molecule has 0 radical (unpaired) electrons. The number of rotatable bonds is 1. The van der Waals surface area contributed by atoms with Gasteiger partial charge in [-0.2, -0.15) is 0 Å². The monoisotopic (exact) mass is 209 g/mol. The van der Waals surface area contributed by atoms with Crippen LogP contribution in [0.15, 0.2) is 12.1 Å². The molecule has 0 aliphatic carbocycles. The molecule has 0 bridgehead atoms. The summed E-state index contributed by atoms with van der Waals surface area (Å²) in [4.78, 5) is 13.8. The van der Waals surface area contributed by atoms with Crippen LogP contribution in [-0.2, 0) is 0 Å². The number of aromatic nitrogens is 1. The number of aryl methyl sites for hydroxylation is 1. The van der Waals surface area contributed by atoms with E-state index in [9.17, 15) is 9.90 Å². The summed E-state index contributed by atoms with van der Waals surface area (Å²) in [6.07, 6.45) is 0. The Morgan fingerprint density at radius 3 is 2.58 bits per heavy atom. The topological polar surface area (TPSA) is 53.0 Å². The molecule has 3 nitrogen and oxygen atoms in total. The van der Waals surface area contributed by atoms with Crippen molar-refractivity contribution < 1.29 is 61.3 Å². The first kappa shape index (κ1) is 12.5. The second-order valence-electron chi connectivity index (χ2n) is 2.14. The molecule has 0 aliphatic rings. The Labute approximate surface area is 118 Å². The second kappa shape index (κ2) is 5.31. The van der Waals surface area contributed by atoms with Crippen molar-refractivity contribution in [3.63, 3.8) is 0 Å². The van der Waals surface area contributed by atoms with Crippen LogP contribution in [0.4, 0.5) is 0 Å². The first-order chi connectivity index (χ1) is 5.09. The van der Waals surface area contributed by atoms with Gasteiger partial charge in [0, 0.05) is 0 Å². The van der Waals surface area contributed by atoms with E-state index in [1.54, 1.807) is 13.0 Å². The van der Waals surface area contributed by atoms with Crippen LogP contribution in [0.3, 0.4) is 0 Å². The van der Waals surface area contributed by atoms with Crippen LogP contribution < -0.4 is 56.5 Å². The second-order valence-corrected chi connectivity index (χ2v) is 2.53. The number of carboxylic acids is 1. The predicted molar refractivity (Wildman–Crippen MR) is 38.3 cm³/mol. The van der Waals surface area contributed by atoms with Crippen molar-refractivity contribution in [3.05, 3.63) is 28.5 Å². The van der Waals surface area contributed by atoms with Gasteiger partial charge in [-0.1, -0.05) is 11.6 Å². The van der Waals surface area contributed by atoms with Crippen LogP contribution in [0.25, 0.3) is 0 Å². The summed E-state index contributed by atoms with van der Waals surface area (Å²) in [5, 5.41) is 10.4. The number of nitrogens with zero attached hydrogens (tertiary/aromatic N) is 1. The van der Waals surface area contributed by atoms with Gasteiger partial charge in [-0.15, -0.1) is 0 Å². The average Bonchev–Trinajstić information content (AvgIpc) is 1.85. The Hall–Kier alpha value is 0.546. The number of pyridine rings is 1. The van der Waals surface area contributed by atoms with Gasteiger partial charge in [0.15, 0.2) is 0 Å². The zero-order valence-corrected chi connectivity index (χ0v) is 10.7. The number of hydrogen-bond acceptors (Lipinski definition) is 3. The van der Waals surface area contributed by atoms with E-state index < -0.39 is 5.97 Å². The maximum absolute atomic E-state index is 10.3. The largest absolute Gasteiger partial charge is 1.00 e. The summed E-state index contributed by atoms with van der Waals surface area (Å²) in [6, 6.07) is 2.98. The van der Waals surface area contributed by atoms with Gasteiger partial charge in [-0.25, -0.2) is 4.98 Å². The summed E-state index contributed by atoms with van der Waals surface area (Å²) in [5.74, 6) is -1.31. The van der Waals surface area contributed by atoms with E-state index in [1.165, 1.54) is 6.07 Å². The van der Waals surface area contributed by atoms with Gasteiger partial charge < -0.3 is 9.90 Å². The van der Waals surface area contributed by atoms with Gasteiger partial charge in [0.05, 0.1) is 11.7 Å². The number of halogens is 1. The van der Waals surface area contributed by atoms with Crippen molar-refractivity contribution in [3.8, 4) is 0 Å². The molecule has 0 amide bonds. The fraction of sp³-hybridized carbons (Fsp3) is 0.143.